The van der Waals surface area contributed by atoms with Crippen molar-refractivity contribution in [1.82, 2.24) is 10.2 Å². The topological polar surface area (TPSA) is 24.5 Å². The fourth-order valence-electron chi connectivity index (χ4n) is 2.52. The van der Waals surface area contributed by atoms with E-state index in [2.05, 4.69) is 10.2 Å². The van der Waals surface area contributed by atoms with E-state index in [-0.39, 0.29) is 0 Å². The molecule has 0 aromatic carbocycles. The highest BCUT2D eigenvalue weighted by Crippen LogP contribution is 2.31. The van der Waals surface area contributed by atoms with Gasteiger partial charge in [0.1, 0.15) is 0 Å². The van der Waals surface area contributed by atoms with E-state index in [0.29, 0.717) is 12.1 Å². The Labute approximate surface area is 79.4 Å². The van der Waals surface area contributed by atoms with Gasteiger partial charge in [-0.15, -0.1) is 0 Å². The van der Waals surface area contributed by atoms with Crippen molar-refractivity contribution >= 4 is 0 Å². The third kappa shape index (κ3) is 1.60. The Morgan fingerprint density at radius 1 is 1.31 bits per heavy atom. The van der Waals surface area contributed by atoms with Gasteiger partial charge in [0.2, 0.25) is 0 Å². The summed E-state index contributed by atoms with van der Waals surface area (Å²) < 4.78 is 5.73. The van der Waals surface area contributed by atoms with Gasteiger partial charge in [-0.1, -0.05) is 0 Å². The van der Waals surface area contributed by atoms with Crippen LogP contribution in [0, 0.1) is 5.92 Å². The second kappa shape index (κ2) is 3.23. The molecule has 3 heteroatoms. The summed E-state index contributed by atoms with van der Waals surface area (Å²) in [4.78, 5) is 2.64. The van der Waals surface area contributed by atoms with Crippen LogP contribution in [0.5, 0.6) is 0 Å². The zero-order valence-electron chi connectivity index (χ0n) is 8.04. The first-order valence-electron chi connectivity index (χ1n) is 5.50. The molecule has 1 saturated carbocycles. The number of nitrogens with zero attached hydrogens (tertiary/aromatic N) is 1. The van der Waals surface area contributed by atoms with Crippen LogP contribution >= 0.6 is 0 Å². The number of hydrogen-bond acceptors (Lipinski definition) is 3. The van der Waals surface area contributed by atoms with Crippen LogP contribution in [-0.2, 0) is 4.74 Å². The molecule has 0 aromatic rings. The molecule has 13 heavy (non-hydrogen) atoms. The summed E-state index contributed by atoms with van der Waals surface area (Å²) in [6.07, 6.45) is 3.40. The summed E-state index contributed by atoms with van der Waals surface area (Å²) in [6.45, 7) is 5.62. The highest BCUT2D eigenvalue weighted by Gasteiger charge is 2.38. The Bertz CT molecular complexity index is 193. The molecule has 2 heterocycles. The maximum atomic E-state index is 5.73. The molecule has 2 atom stereocenters. The van der Waals surface area contributed by atoms with Crippen molar-refractivity contribution in [2.75, 3.05) is 32.8 Å². The number of morpholine rings is 1. The lowest BCUT2D eigenvalue weighted by molar-refractivity contribution is -0.0481. The van der Waals surface area contributed by atoms with E-state index in [4.69, 9.17) is 4.74 Å². The fraction of sp³-hybridized carbons (Fsp3) is 1.00. The zero-order chi connectivity index (χ0) is 8.67. The third-order valence-electron chi connectivity index (χ3n) is 3.50. The fourth-order valence-corrected chi connectivity index (χ4v) is 2.52. The average Bonchev–Trinajstić information content (AvgIpc) is 2.83. The van der Waals surface area contributed by atoms with E-state index in [1.54, 1.807) is 0 Å². The van der Waals surface area contributed by atoms with Gasteiger partial charge in [0.05, 0.1) is 12.7 Å². The summed E-state index contributed by atoms with van der Waals surface area (Å²) in [7, 11) is 0. The Morgan fingerprint density at radius 2 is 2.23 bits per heavy atom. The highest BCUT2D eigenvalue weighted by molar-refractivity contribution is 4.94. The summed E-state index contributed by atoms with van der Waals surface area (Å²) in [5.74, 6) is 1.01. The molecule has 3 fully saturated rings. The summed E-state index contributed by atoms with van der Waals surface area (Å²) in [6, 6.07) is 0.675. The molecule has 3 rings (SSSR count). The first-order valence-corrected chi connectivity index (χ1v) is 5.50. The van der Waals surface area contributed by atoms with Gasteiger partial charge in [-0.3, -0.25) is 4.90 Å². The molecule has 0 bridgehead atoms. The molecular weight excluding hydrogens is 164 g/mol. The SMILES string of the molecule is C1CN(CC2CC2)C2CNCC2O1. The lowest BCUT2D eigenvalue weighted by Crippen LogP contribution is -2.51. The third-order valence-corrected chi connectivity index (χ3v) is 3.50. The first-order chi connectivity index (χ1) is 6.43. The normalized spacial score (nSPS) is 40.6. The zero-order valence-corrected chi connectivity index (χ0v) is 8.04. The van der Waals surface area contributed by atoms with Crippen LogP contribution in [0.1, 0.15) is 12.8 Å². The Kier molecular flexibility index (Phi) is 2.04. The quantitative estimate of drug-likeness (QED) is 0.654. The Hall–Kier alpha value is -0.120. The Morgan fingerprint density at radius 3 is 3.08 bits per heavy atom. The van der Waals surface area contributed by atoms with Gasteiger partial charge >= 0.3 is 0 Å². The van der Waals surface area contributed by atoms with Gasteiger partial charge in [0.15, 0.2) is 0 Å². The van der Waals surface area contributed by atoms with Crippen molar-refractivity contribution in [3.63, 3.8) is 0 Å². The van der Waals surface area contributed by atoms with Gasteiger partial charge in [-0.2, -0.15) is 0 Å². The molecule has 2 saturated heterocycles. The van der Waals surface area contributed by atoms with Crippen LogP contribution < -0.4 is 5.32 Å². The van der Waals surface area contributed by atoms with E-state index in [0.717, 1.165) is 32.2 Å². The second-order valence-electron chi connectivity index (χ2n) is 4.57. The number of fused-ring (bicyclic) bond motifs is 1. The number of nitrogens with one attached hydrogen (secondary N) is 1. The minimum Gasteiger partial charge on any atom is -0.374 e. The monoisotopic (exact) mass is 182 g/mol. The largest absolute Gasteiger partial charge is 0.374 e. The molecule has 2 aliphatic heterocycles. The summed E-state index contributed by atoms with van der Waals surface area (Å²) in [5, 5.41) is 3.42. The van der Waals surface area contributed by atoms with Crippen molar-refractivity contribution in [2.24, 2.45) is 5.92 Å². The number of rotatable bonds is 2. The van der Waals surface area contributed by atoms with Crippen LogP contribution in [0.3, 0.4) is 0 Å². The van der Waals surface area contributed by atoms with Crippen LogP contribution in [0.2, 0.25) is 0 Å². The van der Waals surface area contributed by atoms with Gasteiger partial charge in [-0.25, -0.2) is 0 Å². The molecule has 74 valence electrons. The van der Waals surface area contributed by atoms with Gasteiger partial charge in [-0.05, 0) is 18.8 Å². The van der Waals surface area contributed by atoms with E-state index < -0.39 is 0 Å². The van der Waals surface area contributed by atoms with Crippen LogP contribution in [0.15, 0.2) is 0 Å². The first kappa shape index (κ1) is 8.21. The van der Waals surface area contributed by atoms with Crippen molar-refractivity contribution in [3.8, 4) is 0 Å². The van der Waals surface area contributed by atoms with Crippen LogP contribution in [-0.4, -0.2) is 49.8 Å². The number of ether oxygens (including phenoxy) is 1. The van der Waals surface area contributed by atoms with Crippen LogP contribution in [0.25, 0.3) is 0 Å². The standard InChI is InChI=1S/C10H18N2O/c1-2-8(1)7-12-3-4-13-10-6-11-5-9(10)12/h8-11H,1-7H2. The molecule has 3 nitrogen and oxygen atoms in total. The predicted octanol–water partition coefficient (Wildman–Crippen LogP) is 0.0690. The molecule has 2 unspecified atom stereocenters. The average molecular weight is 182 g/mol. The molecule has 0 radical (unpaired) electrons. The van der Waals surface area contributed by atoms with E-state index in [9.17, 15) is 0 Å². The number of hydrogen-bond donors (Lipinski definition) is 1. The summed E-state index contributed by atoms with van der Waals surface area (Å²) in [5.41, 5.74) is 0. The Balaban J connectivity index is 1.63. The minimum atomic E-state index is 0.479. The molecular formula is C10H18N2O. The minimum absolute atomic E-state index is 0.479. The summed E-state index contributed by atoms with van der Waals surface area (Å²) >= 11 is 0. The van der Waals surface area contributed by atoms with Crippen molar-refractivity contribution in [2.45, 2.75) is 25.0 Å². The maximum absolute atomic E-state index is 5.73. The van der Waals surface area contributed by atoms with Gasteiger partial charge in [0.25, 0.3) is 0 Å². The second-order valence-corrected chi connectivity index (χ2v) is 4.57. The molecule has 0 spiro atoms. The molecule has 0 amide bonds. The van der Waals surface area contributed by atoms with Crippen molar-refractivity contribution in [1.29, 1.82) is 0 Å². The van der Waals surface area contributed by atoms with Crippen molar-refractivity contribution < 1.29 is 4.74 Å². The molecule has 0 aromatic heterocycles. The van der Waals surface area contributed by atoms with E-state index in [1.165, 1.54) is 19.4 Å². The van der Waals surface area contributed by atoms with Crippen LogP contribution in [0.4, 0.5) is 0 Å². The van der Waals surface area contributed by atoms with Gasteiger partial charge in [0, 0.05) is 32.2 Å². The predicted molar refractivity (Wildman–Crippen MR) is 50.7 cm³/mol. The van der Waals surface area contributed by atoms with Gasteiger partial charge < -0.3 is 10.1 Å². The molecule has 3 aliphatic rings. The smallest absolute Gasteiger partial charge is 0.0867 e. The maximum Gasteiger partial charge on any atom is 0.0867 e. The van der Waals surface area contributed by atoms with Crippen molar-refractivity contribution in [3.05, 3.63) is 0 Å². The lowest BCUT2D eigenvalue weighted by atomic mass is 10.1. The highest BCUT2D eigenvalue weighted by atomic mass is 16.5. The molecule has 1 aliphatic carbocycles. The van der Waals surface area contributed by atoms with E-state index >= 15 is 0 Å². The lowest BCUT2D eigenvalue weighted by Gasteiger charge is -2.36. The van der Waals surface area contributed by atoms with E-state index in [1.807, 2.05) is 0 Å². The molecule has 1 N–H and O–H groups in total.